The van der Waals surface area contributed by atoms with Gasteiger partial charge in [-0.15, -0.1) is 0 Å². The van der Waals surface area contributed by atoms with Crippen molar-refractivity contribution in [3.63, 3.8) is 0 Å². The minimum atomic E-state index is -4.58. The molecule has 1 aliphatic rings. The molecule has 33 heavy (non-hydrogen) atoms. The first kappa shape index (κ1) is 22.6. The lowest BCUT2D eigenvalue weighted by Gasteiger charge is -2.35. The number of rotatable bonds is 4. The van der Waals surface area contributed by atoms with Crippen LogP contribution in [0.15, 0.2) is 54.6 Å². The molecule has 2 heterocycles. The van der Waals surface area contributed by atoms with Crippen LogP contribution in [0.4, 0.5) is 19.0 Å². The Balaban J connectivity index is 1.46. The first-order valence-corrected chi connectivity index (χ1v) is 10.5. The summed E-state index contributed by atoms with van der Waals surface area (Å²) in [5.41, 5.74) is -0.126. The highest BCUT2D eigenvalue weighted by molar-refractivity contribution is 5.96. The molecule has 0 unspecified atom stereocenters. The van der Waals surface area contributed by atoms with Gasteiger partial charge in [-0.3, -0.25) is 4.79 Å². The van der Waals surface area contributed by atoms with Crippen molar-refractivity contribution in [2.24, 2.45) is 0 Å². The van der Waals surface area contributed by atoms with Crippen molar-refractivity contribution in [3.05, 3.63) is 77.1 Å². The van der Waals surface area contributed by atoms with Gasteiger partial charge >= 0.3 is 6.18 Å². The van der Waals surface area contributed by atoms with E-state index in [1.807, 2.05) is 36.1 Å². The number of carbonyl (C=O) groups excluding carboxylic acids is 1. The quantitative estimate of drug-likeness (QED) is 0.561. The summed E-state index contributed by atoms with van der Waals surface area (Å²) >= 11 is 0. The second-order valence-electron chi connectivity index (χ2n) is 7.85. The van der Waals surface area contributed by atoms with E-state index in [9.17, 15) is 18.0 Å². The van der Waals surface area contributed by atoms with E-state index in [1.165, 1.54) is 23.1 Å². The molecular formula is C24H23F3N4O2. The van der Waals surface area contributed by atoms with E-state index in [0.29, 0.717) is 36.4 Å². The number of hydrogen-bond donors (Lipinski definition) is 0. The molecule has 172 valence electrons. The summed E-state index contributed by atoms with van der Waals surface area (Å²) in [5.74, 6) is 1.62. The number of anilines is 1. The first-order chi connectivity index (χ1) is 15.7. The summed E-state index contributed by atoms with van der Waals surface area (Å²) in [6, 6.07) is 14.2. The van der Waals surface area contributed by atoms with Crippen molar-refractivity contribution in [1.82, 2.24) is 14.9 Å². The number of hydrogen-bond acceptors (Lipinski definition) is 5. The molecule has 1 fully saturated rings. The Labute approximate surface area is 189 Å². The second kappa shape index (κ2) is 9.09. The topological polar surface area (TPSA) is 58.6 Å². The summed E-state index contributed by atoms with van der Waals surface area (Å²) in [7, 11) is 0. The van der Waals surface area contributed by atoms with Crippen LogP contribution in [0.2, 0.25) is 0 Å². The Morgan fingerprint density at radius 2 is 1.61 bits per heavy atom. The molecule has 0 spiro atoms. The Morgan fingerprint density at radius 3 is 2.27 bits per heavy atom. The maximum absolute atomic E-state index is 13.3. The molecule has 9 heteroatoms. The van der Waals surface area contributed by atoms with Gasteiger partial charge in [0.05, 0.1) is 11.1 Å². The molecule has 6 nitrogen and oxygen atoms in total. The van der Waals surface area contributed by atoms with Crippen molar-refractivity contribution >= 4 is 11.7 Å². The number of nitrogens with zero attached hydrogens (tertiary/aromatic N) is 4. The zero-order valence-corrected chi connectivity index (χ0v) is 18.3. The SMILES string of the molecule is Cc1ccc(Oc2cc(N3CCN(C(=O)c4ccccc4C(F)(F)F)CC3)nc(C)n2)cc1. The summed E-state index contributed by atoms with van der Waals surface area (Å²) < 4.78 is 45.8. The monoisotopic (exact) mass is 456 g/mol. The summed E-state index contributed by atoms with van der Waals surface area (Å²) in [4.78, 5) is 25.0. The van der Waals surface area contributed by atoms with Crippen LogP contribution in [0.1, 0.15) is 27.3 Å². The van der Waals surface area contributed by atoms with Crippen LogP contribution < -0.4 is 9.64 Å². The molecule has 0 saturated carbocycles. The molecule has 1 aromatic heterocycles. The third-order valence-electron chi connectivity index (χ3n) is 5.40. The number of aryl methyl sites for hydroxylation is 2. The van der Waals surface area contributed by atoms with Gasteiger partial charge < -0.3 is 14.5 Å². The van der Waals surface area contributed by atoms with Crippen LogP contribution in [-0.2, 0) is 6.18 Å². The van der Waals surface area contributed by atoms with Gasteiger partial charge in [-0.1, -0.05) is 29.8 Å². The first-order valence-electron chi connectivity index (χ1n) is 10.5. The van der Waals surface area contributed by atoms with Gasteiger partial charge in [-0.2, -0.15) is 18.2 Å². The minimum Gasteiger partial charge on any atom is -0.439 e. The van der Waals surface area contributed by atoms with Crippen molar-refractivity contribution in [2.45, 2.75) is 20.0 Å². The van der Waals surface area contributed by atoms with Gasteiger partial charge in [0.25, 0.3) is 5.91 Å². The molecule has 0 bridgehead atoms. The fraction of sp³-hybridized carbons (Fsp3) is 0.292. The molecule has 0 atom stereocenters. The van der Waals surface area contributed by atoms with Gasteiger partial charge in [0, 0.05) is 32.2 Å². The highest BCUT2D eigenvalue weighted by Crippen LogP contribution is 2.32. The van der Waals surface area contributed by atoms with Gasteiger partial charge in [0.2, 0.25) is 5.88 Å². The fourth-order valence-corrected chi connectivity index (χ4v) is 3.69. The third-order valence-corrected chi connectivity index (χ3v) is 5.40. The van der Waals surface area contributed by atoms with Crippen molar-refractivity contribution in [3.8, 4) is 11.6 Å². The molecule has 4 rings (SSSR count). The van der Waals surface area contributed by atoms with Crippen molar-refractivity contribution < 1.29 is 22.7 Å². The fourth-order valence-electron chi connectivity index (χ4n) is 3.69. The Bertz CT molecular complexity index is 1140. The molecule has 1 aliphatic heterocycles. The van der Waals surface area contributed by atoms with Gasteiger partial charge in [-0.25, -0.2) is 4.98 Å². The third kappa shape index (κ3) is 5.24. The summed E-state index contributed by atoms with van der Waals surface area (Å²) in [6.45, 7) is 5.17. The van der Waals surface area contributed by atoms with Crippen LogP contribution in [0.5, 0.6) is 11.6 Å². The van der Waals surface area contributed by atoms with Gasteiger partial charge in [-0.05, 0) is 38.1 Å². The lowest BCUT2D eigenvalue weighted by molar-refractivity contribution is -0.138. The summed E-state index contributed by atoms with van der Waals surface area (Å²) in [5, 5.41) is 0. The number of carbonyl (C=O) groups is 1. The van der Waals surface area contributed by atoms with Crippen molar-refractivity contribution in [1.29, 1.82) is 0 Å². The van der Waals surface area contributed by atoms with E-state index in [-0.39, 0.29) is 18.7 Å². The van der Waals surface area contributed by atoms with Crippen LogP contribution >= 0.6 is 0 Å². The molecule has 2 aromatic carbocycles. The number of halogens is 3. The van der Waals surface area contributed by atoms with E-state index in [4.69, 9.17) is 4.74 Å². The predicted molar refractivity (Wildman–Crippen MR) is 118 cm³/mol. The van der Waals surface area contributed by atoms with Crippen LogP contribution in [-0.4, -0.2) is 47.0 Å². The Morgan fingerprint density at radius 1 is 0.939 bits per heavy atom. The molecule has 1 saturated heterocycles. The van der Waals surface area contributed by atoms with Gasteiger partial charge in [0.1, 0.15) is 17.4 Å². The number of ether oxygens (including phenoxy) is 1. The van der Waals surface area contributed by atoms with Gasteiger partial charge in [0.15, 0.2) is 0 Å². The maximum atomic E-state index is 13.3. The molecule has 1 amide bonds. The number of benzene rings is 2. The number of aromatic nitrogens is 2. The zero-order chi connectivity index (χ0) is 23.6. The number of piperazine rings is 1. The van der Waals surface area contributed by atoms with Crippen LogP contribution in [0.25, 0.3) is 0 Å². The zero-order valence-electron chi connectivity index (χ0n) is 18.3. The highest BCUT2D eigenvalue weighted by Gasteiger charge is 2.36. The highest BCUT2D eigenvalue weighted by atomic mass is 19.4. The van der Waals surface area contributed by atoms with E-state index in [2.05, 4.69) is 9.97 Å². The minimum absolute atomic E-state index is 0.280. The standard InChI is InChI=1S/C24H23F3N4O2/c1-16-7-9-18(10-8-16)33-22-15-21(28-17(2)29-22)30-11-13-31(14-12-30)23(32)19-5-3-4-6-20(19)24(25,26)27/h3-10,15H,11-14H2,1-2H3. The Kier molecular flexibility index (Phi) is 6.22. The second-order valence-corrected chi connectivity index (χ2v) is 7.85. The molecule has 3 aromatic rings. The van der Waals surface area contributed by atoms with Crippen molar-refractivity contribution in [2.75, 3.05) is 31.1 Å². The normalized spacial score (nSPS) is 14.3. The largest absolute Gasteiger partial charge is 0.439 e. The molecule has 0 aliphatic carbocycles. The summed E-state index contributed by atoms with van der Waals surface area (Å²) in [6.07, 6.45) is -4.58. The molecule has 0 radical (unpaired) electrons. The smallest absolute Gasteiger partial charge is 0.417 e. The van der Waals surface area contributed by atoms with Crippen LogP contribution in [0, 0.1) is 13.8 Å². The molecular weight excluding hydrogens is 433 g/mol. The van der Waals surface area contributed by atoms with E-state index < -0.39 is 17.6 Å². The average molecular weight is 456 g/mol. The maximum Gasteiger partial charge on any atom is 0.417 e. The van der Waals surface area contributed by atoms with E-state index >= 15 is 0 Å². The number of amides is 1. The van der Waals surface area contributed by atoms with E-state index in [0.717, 1.165) is 11.6 Å². The predicted octanol–water partition coefficient (Wildman–Crippen LogP) is 4.87. The van der Waals surface area contributed by atoms with Crippen LogP contribution in [0.3, 0.4) is 0 Å². The average Bonchev–Trinajstić information content (AvgIpc) is 2.79. The lowest BCUT2D eigenvalue weighted by Crippen LogP contribution is -2.49. The Hall–Kier alpha value is -3.62. The number of alkyl halides is 3. The lowest BCUT2D eigenvalue weighted by atomic mass is 10.1. The van der Waals surface area contributed by atoms with E-state index in [1.54, 1.807) is 13.0 Å². The molecule has 0 N–H and O–H groups in total.